The molecule has 0 bridgehead atoms. The summed E-state index contributed by atoms with van der Waals surface area (Å²) in [5.41, 5.74) is 1.86. The number of aromatic nitrogens is 2. The molecule has 0 aliphatic heterocycles. The number of para-hydroxylation sites is 2. The first kappa shape index (κ1) is 22.1. The van der Waals surface area contributed by atoms with Crippen LogP contribution in [0, 0.1) is 5.41 Å². The molecule has 7 nitrogen and oxygen atoms in total. The van der Waals surface area contributed by atoms with Crippen LogP contribution in [0.4, 0.5) is 16.3 Å². The number of amides is 2. The second kappa shape index (κ2) is 9.04. The van der Waals surface area contributed by atoms with Crippen LogP contribution in [0.5, 0.6) is 0 Å². The molecule has 0 atom stereocenters. The molecule has 0 spiro atoms. The fourth-order valence-corrected chi connectivity index (χ4v) is 3.43. The van der Waals surface area contributed by atoms with Gasteiger partial charge in [-0.1, -0.05) is 57.2 Å². The van der Waals surface area contributed by atoms with Gasteiger partial charge in [0.2, 0.25) is 5.91 Å². The molecule has 162 valence electrons. The zero-order valence-corrected chi connectivity index (χ0v) is 18.3. The number of hydrogen-bond acceptors (Lipinski definition) is 3. The van der Waals surface area contributed by atoms with E-state index in [4.69, 9.17) is 0 Å². The van der Waals surface area contributed by atoms with Crippen LogP contribution in [0.3, 0.4) is 0 Å². The van der Waals surface area contributed by atoms with Gasteiger partial charge >= 0.3 is 6.09 Å². The highest BCUT2D eigenvalue weighted by atomic mass is 16.4. The number of carboxylic acid groups (broad SMARTS) is 1. The third-order valence-electron chi connectivity index (χ3n) is 4.59. The summed E-state index contributed by atoms with van der Waals surface area (Å²) in [4.78, 5) is 27.4. The van der Waals surface area contributed by atoms with Crippen molar-refractivity contribution in [3.05, 3.63) is 72.4 Å². The first-order chi connectivity index (χ1) is 14.7. The first-order valence-corrected chi connectivity index (χ1v) is 10.1. The predicted molar refractivity (Wildman–Crippen MR) is 121 cm³/mol. The SMILES string of the molecule is CC(=O)N(c1ccccc1)c1cc(CN(CC(C)(C)C)C(=O)O)nn1-c1ccccc1. The highest BCUT2D eigenvalue weighted by molar-refractivity contribution is 5.98. The standard InChI is InChI=1S/C24H28N4O3/c1-18(29)27(20-11-7-5-8-12-20)22-15-19(16-26(23(30)31)17-24(2,3)4)25-28(22)21-13-9-6-10-14-21/h5-15H,16-17H2,1-4H3,(H,30,31). The predicted octanol–water partition coefficient (Wildman–Crippen LogP) is 5.08. The number of carbonyl (C=O) groups is 2. The molecule has 1 aromatic heterocycles. The van der Waals surface area contributed by atoms with Gasteiger partial charge in [0.05, 0.1) is 23.6 Å². The zero-order chi connectivity index (χ0) is 22.6. The van der Waals surface area contributed by atoms with Crippen molar-refractivity contribution in [1.29, 1.82) is 0 Å². The molecule has 0 saturated carbocycles. The van der Waals surface area contributed by atoms with Crippen LogP contribution in [0.2, 0.25) is 0 Å². The summed E-state index contributed by atoms with van der Waals surface area (Å²) in [6, 6.07) is 20.6. The highest BCUT2D eigenvalue weighted by Gasteiger charge is 2.25. The van der Waals surface area contributed by atoms with Gasteiger partial charge in [0.25, 0.3) is 0 Å². The van der Waals surface area contributed by atoms with E-state index in [1.165, 1.54) is 11.8 Å². The van der Waals surface area contributed by atoms with Gasteiger partial charge in [0.15, 0.2) is 0 Å². The number of anilines is 2. The van der Waals surface area contributed by atoms with Crippen molar-refractivity contribution in [3.8, 4) is 5.69 Å². The minimum Gasteiger partial charge on any atom is -0.465 e. The van der Waals surface area contributed by atoms with Crippen LogP contribution in [0.1, 0.15) is 33.4 Å². The molecule has 1 heterocycles. The Hall–Kier alpha value is -3.61. The minimum absolute atomic E-state index is 0.125. The van der Waals surface area contributed by atoms with Crippen molar-refractivity contribution in [2.45, 2.75) is 34.2 Å². The Bertz CT molecular complexity index is 1040. The lowest BCUT2D eigenvalue weighted by Gasteiger charge is -2.27. The summed E-state index contributed by atoms with van der Waals surface area (Å²) in [7, 11) is 0. The van der Waals surface area contributed by atoms with E-state index in [-0.39, 0.29) is 17.9 Å². The van der Waals surface area contributed by atoms with Crippen LogP contribution in [-0.2, 0) is 11.3 Å². The monoisotopic (exact) mass is 420 g/mol. The van der Waals surface area contributed by atoms with Crippen LogP contribution in [0.25, 0.3) is 5.69 Å². The van der Waals surface area contributed by atoms with Crippen molar-refractivity contribution in [2.75, 3.05) is 11.4 Å². The molecule has 0 saturated heterocycles. The molecule has 2 amide bonds. The quantitative estimate of drug-likeness (QED) is 0.603. The second-order valence-electron chi connectivity index (χ2n) is 8.63. The number of hydrogen-bond donors (Lipinski definition) is 1. The minimum atomic E-state index is -1.00. The van der Waals surface area contributed by atoms with E-state index in [9.17, 15) is 14.7 Å². The van der Waals surface area contributed by atoms with E-state index in [1.54, 1.807) is 15.6 Å². The number of nitrogens with zero attached hydrogens (tertiary/aromatic N) is 4. The molecular formula is C24H28N4O3. The lowest BCUT2D eigenvalue weighted by atomic mass is 9.96. The zero-order valence-electron chi connectivity index (χ0n) is 18.3. The summed E-state index contributed by atoms with van der Waals surface area (Å²) in [5, 5.41) is 14.4. The third kappa shape index (κ3) is 5.51. The Morgan fingerprint density at radius 1 is 1.00 bits per heavy atom. The van der Waals surface area contributed by atoms with E-state index in [0.717, 1.165) is 5.69 Å². The maximum absolute atomic E-state index is 12.6. The molecule has 1 N–H and O–H groups in total. The van der Waals surface area contributed by atoms with Gasteiger partial charge in [-0.3, -0.25) is 9.69 Å². The molecule has 0 fully saturated rings. The smallest absolute Gasteiger partial charge is 0.407 e. The molecule has 3 aromatic rings. The molecule has 0 aliphatic rings. The van der Waals surface area contributed by atoms with Gasteiger partial charge in [-0.05, 0) is 29.7 Å². The third-order valence-corrected chi connectivity index (χ3v) is 4.59. The van der Waals surface area contributed by atoms with Crippen molar-refractivity contribution in [3.63, 3.8) is 0 Å². The fourth-order valence-electron chi connectivity index (χ4n) is 3.43. The molecule has 7 heteroatoms. The maximum Gasteiger partial charge on any atom is 0.407 e. The molecule has 0 radical (unpaired) electrons. The lowest BCUT2D eigenvalue weighted by Crippen LogP contribution is -2.36. The first-order valence-electron chi connectivity index (χ1n) is 10.1. The molecule has 3 rings (SSSR count). The average Bonchev–Trinajstić information content (AvgIpc) is 3.11. The van der Waals surface area contributed by atoms with E-state index < -0.39 is 6.09 Å². The van der Waals surface area contributed by atoms with E-state index in [1.807, 2.05) is 81.4 Å². The summed E-state index contributed by atoms with van der Waals surface area (Å²) < 4.78 is 1.68. The largest absolute Gasteiger partial charge is 0.465 e. The summed E-state index contributed by atoms with van der Waals surface area (Å²) in [6.07, 6.45) is -1.00. The van der Waals surface area contributed by atoms with E-state index >= 15 is 0 Å². The van der Waals surface area contributed by atoms with Crippen molar-refractivity contribution < 1.29 is 14.7 Å². The van der Waals surface area contributed by atoms with Gasteiger partial charge < -0.3 is 10.0 Å². The van der Waals surface area contributed by atoms with Gasteiger partial charge in [-0.25, -0.2) is 9.48 Å². The van der Waals surface area contributed by atoms with Crippen molar-refractivity contribution in [1.82, 2.24) is 14.7 Å². The van der Waals surface area contributed by atoms with Crippen LogP contribution in [-0.4, -0.2) is 38.3 Å². The Kier molecular flexibility index (Phi) is 6.44. The van der Waals surface area contributed by atoms with Gasteiger partial charge in [-0.2, -0.15) is 5.10 Å². The molecular weight excluding hydrogens is 392 g/mol. The Morgan fingerprint density at radius 3 is 2.10 bits per heavy atom. The molecule has 0 unspecified atom stereocenters. The number of rotatable bonds is 6. The van der Waals surface area contributed by atoms with E-state index in [0.29, 0.717) is 23.7 Å². The Balaban J connectivity index is 2.09. The number of benzene rings is 2. The molecule has 2 aromatic carbocycles. The molecule has 0 aliphatic carbocycles. The van der Waals surface area contributed by atoms with Gasteiger partial charge in [0, 0.05) is 19.5 Å². The normalized spacial score (nSPS) is 11.2. The lowest BCUT2D eigenvalue weighted by molar-refractivity contribution is -0.115. The summed E-state index contributed by atoms with van der Waals surface area (Å²) in [5.74, 6) is 0.389. The highest BCUT2D eigenvalue weighted by Crippen LogP contribution is 2.29. The fraction of sp³-hybridized carbons (Fsp3) is 0.292. The average molecular weight is 421 g/mol. The van der Waals surface area contributed by atoms with Crippen molar-refractivity contribution >= 4 is 23.5 Å². The maximum atomic E-state index is 12.6. The van der Waals surface area contributed by atoms with E-state index in [2.05, 4.69) is 5.10 Å². The van der Waals surface area contributed by atoms with Crippen LogP contribution >= 0.6 is 0 Å². The Labute approximate surface area is 182 Å². The Morgan fingerprint density at radius 2 is 1.58 bits per heavy atom. The molecule has 31 heavy (non-hydrogen) atoms. The second-order valence-corrected chi connectivity index (χ2v) is 8.63. The van der Waals surface area contributed by atoms with Gasteiger partial charge in [-0.15, -0.1) is 0 Å². The van der Waals surface area contributed by atoms with Gasteiger partial charge in [0.1, 0.15) is 5.82 Å². The topological polar surface area (TPSA) is 78.7 Å². The van der Waals surface area contributed by atoms with Crippen molar-refractivity contribution in [2.24, 2.45) is 5.41 Å². The number of carbonyl (C=O) groups excluding carboxylic acids is 1. The van der Waals surface area contributed by atoms with Crippen LogP contribution < -0.4 is 4.90 Å². The van der Waals surface area contributed by atoms with Crippen LogP contribution in [0.15, 0.2) is 66.7 Å². The summed E-state index contributed by atoms with van der Waals surface area (Å²) in [6.45, 7) is 7.96. The summed E-state index contributed by atoms with van der Waals surface area (Å²) >= 11 is 0.